The molecule has 0 unspecified atom stereocenters. The van der Waals surface area contributed by atoms with Crippen molar-refractivity contribution < 1.29 is 19.2 Å². The number of aromatic nitrogens is 2. The number of fused-ring (bicyclic) bond motifs is 1. The lowest BCUT2D eigenvalue weighted by atomic mass is 9.99. The Hall–Kier alpha value is -2.97. The molecule has 2 heterocycles. The summed E-state index contributed by atoms with van der Waals surface area (Å²) >= 11 is 0. The highest BCUT2D eigenvalue weighted by Gasteiger charge is 2.28. The maximum atomic E-state index is 12.2. The molecular weight excluding hydrogens is 364 g/mol. The fourth-order valence-electron chi connectivity index (χ4n) is 3.06. The van der Waals surface area contributed by atoms with E-state index in [0.29, 0.717) is 36.6 Å². The molecule has 2 aromatic rings. The van der Waals surface area contributed by atoms with E-state index in [1.165, 1.54) is 18.3 Å². The van der Waals surface area contributed by atoms with E-state index >= 15 is 0 Å². The van der Waals surface area contributed by atoms with Crippen LogP contribution in [-0.2, 0) is 4.74 Å². The predicted octanol–water partition coefficient (Wildman–Crippen LogP) is 3.56. The highest BCUT2D eigenvalue weighted by atomic mass is 16.6. The average Bonchev–Trinajstić information content (AvgIpc) is 2.64. The summed E-state index contributed by atoms with van der Waals surface area (Å²) in [4.78, 5) is 32.9. The molecule has 150 valence electrons. The number of piperidine rings is 1. The van der Waals surface area contributed by atoms with E-state index < -0.39 is 10.5 Å². The summed E-state index contributed by atoms with van der Waals surface area (Å²) in [5.74, 6) is 0.534. The lowest BCUT2D eigenvalue weighted by Crippen LogP contribution is -2.44. The molecule has 9 heteroatoms. The van der Waals surface area contributed by atoms with E-state index in [2.05, 4.69) is 9.97 Å². The van der Waals surface area contributed by atoms with Gasteiger partial charge in [0.1, 0.15) is 5.60 Å². The lowest BCUT2D eigenvalue weighted by molar-refractivity contribution is -0.384. The molecular formula is C19H24N4O5. The Kier molecular flexibility index (Phi) is 5.62. The molecule has 0 radical (unpaired) electrons. The Morgan fingerprint density at radius 3 is 2.86 bits per heavy atom. The molecule has 1 aromatic heterocycles. The minimum absolute atomic E-state index is 0.0279. The summed E-state index contributed by atoms with van der Waals surface area (Å²) in [6.45, 7) is 7.21. The first-order valence-electron chi connectivity index (χ1n) is 9.23. The standard InChI is InChI=1S/C19H24N4O5/c1-19(2,3)28-18(24)22-8-4-5-13(11-22)12-27-17-10-20-16-9-14(23(25)26)6-7-15(16)21-17/h6-7,9-10,13H,4-5,8,11-12H2,1-3H3/t13-/m0/s1. The number of carbonyl (C=O) groups is 1. The second-order valence-corrected chi connectivity index (χ2v) is 7.88. The Balaban J connectivity index is 1.59. The Morgan fingerprint density at radius 1 is 1.36 bits per heavy atom. The molecule has 0 spiro atoms. The van der Waals surface area contributed by atoms with Crippen LogP contribution in [0.15, 0.2) is 24.4 Å². The summed E-state index contributed by atoms with van der Waals surface area (Å²) in [7, 11) is 0. The molecule has 1 aliphatic heterocycles. The van der Waals surface area contributed by atoms with E-state index in [1.54, 1.807) is 11.0 Å². The minimum Gasteiger partial charge on any atom is -0.476 e. The molecule has 0 saturated carbocycles. The quantitative estimate of drug-likeness (QED) is 0.582. The van der Waals surface area contributed by atoms with Gasteiger partial charge in [0, 0.05) is 31.1 Å². The molecule has 1 saturated heterocycles. The fraction of sp³-hybridized carbons (Fsp3) is 0.526. The second kappa shape index (κ2) is 7.95. The van der Waals surface area contributed by atoms with Crippen molar-refractivity contribution in [3.8, 4) is 5.88 Å². The zero-order valence-corrected chi connectivity index (χ0v) is 16.3. The first-order valence-corrected chi connectivity index (χ1v) is 9.23. The molecule has 1 aromatic carbocycles. The molecule has 1 atom stereocenters. The van der Waals surface area contributed by atoms with E-state index in [4.69, 9.17) is 9.47 Å². The first kappa shape index (κ1) is 19.8. The number of carbonyl (C=O) groups excluding carboxylic acids is 1. The van der Waals surface area contributed by atoms with Crippen LogP contribution < -0.4 is 4.74 Å². The van der Waals surface area contributed by atoms with Gasteiger partial charge in [-0.25, -0.2) is 14.8 Å². The van der Waals surface area contributed by atoms with Gasteiger partial charge in [-0.05, 0) is 39.7 Å². The highest BCUT2D eigenvalue weighted by Crippen LogP contribution is 2.22. The zero-order valence-electron chi connectivity index (χ0n) is 16.3. The summed E-state index contributed by atoms with van der Waals surface area (Å²) in [5, 5.41) is 10.8. The Bertz CT molecular complexity index is 880. The van der Waals surface area contributed by atoms with Crippen molar-refractivity contribution in [2.24, 2.45) is 5.92 Å². The zero-order chi connectivity index (χ0) is 20.3. The third-order valence-electron chi connectivity index (χ3n) is 4.35. The van der Waals surface area contributed by atoms with Crippen LogP contribution in [0.3, 0.4) is 0 Å². The molecule has 9 nitrogen and oxygen atoms in total. The molecule has 0 aliphatic carbocycles. The number of non-ortho nitro benzene ring substituents is 1. The largest absolute Gasteiger partial charge is 0.476 e. The summed E-state index contributed by atoms with van der Waals surface area (Å²) in [5.41, 5.74) is 0.424. The SMILES string of the molecule is CC(C)(C)OC(=O)N1CCC[C@H](COc2cnc3cc([N+](=O)[O-])ccc3n2)C1. The van der Waals surface area contributed by atoms with Crippen molar-refractivity contribution in [3.63, 3.8) is 0 Å². The molecule has 1 aliphatic rings. The number of benzene rings is 1. The average molecular weight is 388 g/mol. The van der Waals surface area contributed by atoms with Gasteiger partial charge in [-0.3, -0.25) is 10.1 Å². The van der Waals surface area contributed by atoms with Crippen molar-refractivity contribution in [3.05, 3.63) is 34.5 Å². The van der Waals surface area contributed by atoms with Gasteiger partial charge in [0.25, 0.3) is 5.69 Å². The number of likely N-dealkylation sites (tertiary alicyclic amines) is 1. The summed E-state index contributed by atoms with van der Waals surface area (Å²) in [6, 6.07) is 4.32. The van der Waals surface area contributed by atoms with Crippen molar-refractivity contribution in [2.45, 2.75) is 39.2 Å². The second-order valence-electron chi connectivity index (χ2n) is 7.88. The summed E-state index contributed by atoms with van der Waals surface area (Å²) < 4.78 is 11.2. The number of nitro groups is 1. The van der Waals surface area contributed by atoms with Gasteiger partial charge in [0.15, 0.2) is 0 Å². The van der Waals surface area contributed by atoms with Gasteiger partial charge in [-0.2, -0.15) is 0 Å². The van der Waals surface area contributed by atoms with Gasteiger partial charge in [0.2, 0.25) is 5.88 Å². The molecule has 1 amide bonds. The van der Waals surface area contributed by atoms with E-state index in [1.807, 2.05) is 20.8 Å². The Labute approximate surface area is 162 Å². The Morgan fingerprint density at radius 2 is 2.14 bits per heavy atom. The van der Waals surface area contributed by atoms with Gasteiger partial charge >= 0.3 is 6.09 Å². The first-order chi connectivity index (χ1) is 13.2. The number of amides is 1. The van der Waals surface area contributed by atoms with Crippen LogP contribution in [0.1, 0.15) is 33.6 Å². The van der Waals surface area contributed by atoms with Gasteiger partial charge in [-0.15, -0.1) is 0 Å². The number of nitrogens with zero attached hydrogens (tertiary/aromatic N) is 4. The molecule has 1 fully saturated rings. The third-order valence-corrected chi connectivity index (χ3v) is 4.35. The van der Waals surface area contributed by atoms with Crippen LogP contribution in [0, 0.1) is 16.0 Å². The highest BCUT2D eigenvalue weighted by molar-refractivity contribution is 5.77. The van der Waals surface area contributed by atoms with E-state index in [-0.39, 0.29) is 17.7 Å². The number of ether oxygens (including phenoxy) is 2. The van der Waals surface area contributed by atoms with E-state index in [0.717, 1.165) is 12.8 Å². The maximum absolute atomic E-state index is 12.2. The normalized spacial score (nSPS) is 17.4. The van der Waals surface area contributed by atoms with Crippen LogP contribution in [0.4, 0.5) is 10.5 Å². The number of nitro benzene ring substituents is 1. The number of hydrogen-bond donors (Lipinski definition) is 0. The number of rotatable bonds is 4. The third kappa shape index (κ3) is 5.05. The fourth-order valence-corrected chi connectivity index (χ4v) is 3.06. The van der Waals surface area contributed by atoms with Crippen LogP contribution in [0.25, 0.3) is 11.0 Å². The van der Waals surface area contributed by atoms with Crippen molar-refractivity contribution in [1.82, 2.24) is 14.9 Å². The van der Waals surface area contributed by atoms with Crippen LogP contribution in [0.5, 0.6) is 5.88 Å². The summed E-state index contributed by atoms with van der Waals surface area (Å²) in [6.07, 6.45) is 3.00. The van der Waals surface area contributed by atoms with Crippen LogP contribution in [-0.4, -0.2) is 51.2 Å². The van der Waals surface area contributed by atoms with E-state index in [9.17, 15) is 14.9 Å². The van der Waals surface area contributed by atoms with Crippen molar-refractivity contribution in [2.75, 3.05) is 19.7 Å². The predicted molar refractivity (Wildman–Crippen MR) is 102 cm³/mol. The minimum atomic E-state index is -0.518. The monoisotopic (exact) mass is 388 g/mol. The maximum Gasteiger partial charge on any atom is 0.410 e. The van der Waals surface area contributed by atoms with Crippen molar-refractivity contribution >= 4 is 22.8 Å². The van der Waals surface area contributed by atoms with Gasteiger partial charge in [-0.1, -0.05) is 0 Å². The molecule has 0 bridgehead atoms. The topological polar surface area (TPSA) is 108 Å². The van der Waals surface area contributed by atoms with Crippen LogP contribution in [0.2, 0.25) is 0 Å². The van der Waals surface area contributed by atoms with Gasteiger partial charge < -0.3 is 14.4 Å². The smallest absolute Gasteiger partial charge is 0.410 e. The number of hydrogen-bond acceptors (Lipinski definition) is 7. The van der Waals surface area contributed by atoms with Crippen molar-refractivity contribution in [1.29, 1.82) is 0 Å². The molecule has 3 rings (SSSR count). The molecule has 0 N–H and O–H groups in total. The van der Waals surface area contributed by atoms with Crippen LogP contribution >= 0.6 is 0 Å². The van der Waals surface area contributed by atoms with Gasteiger partial charge in [0.05, 0.1) is 28.8 Å². The lowest BCUT2D eigenvalue weighted by Gasteiger charge is -2.33. The molecule has 28 heavy (non-hydrogen) atoms.